The molecule has 0 bridgehead atoms. The maximum atomic E-state index is 13.0. The Morgan fingerprint density at radius 3 is 2.48 bits per heavy atom. The van der Waals surface area contributed by atoms with Gasteiger partial charge in [-0.2, -0.15) is 0 Å². The number of rotatable bonds is 6. The Morgan fingerprint density at radius 1 is 1.07 bits per heavy atom. The average molecular weight is 366 g/mol. The summed E-state index contributed by atoms with van der Waals surface area (Å²) in [6, 6.07) is 14.7. The SMILES string of the molecule is Cc1ccc(C)c(C(=O)CC(C(=O)Nc2ccccc2)N2CCOCC2)c1. The smallest absolute Gasteiger partial charge is 0.242 e. The lowest BCUT2D eigenvalue weighted by molar-refractivity contribution is -0.123. The topological polar surface area (TPSA) is 58.6 Å². The average Bonchev–Trinajstić information content (AvgIpc) is 2.69. The van der Waals surface area contributed by atoms with Crippen molar-refractivity contribution in [1.29, 1.82) is 0 Å². The van der Waals surface area contributed by atoms with E-state index in [1.807, 2.05) is 67.3 Å². The number of carbonyl (C=O) groups excluding carboxylic acids is 2. The van der Waals surface area contributed by atoms with Crippen molar-refractivity contribution in [1.82, 2.24) is 4.90 Å². The highest BCUT2D eigenvalue weighted by Gasteiger charge is 2.30. The molecule has 0 aliphatic carbocycles. The molecule has 27 heavy (non-hydrogen) atoms. The molecule has 1 unspecified atom stereocenters. The molecule has 2 aromatic rings. The van der Waals surface area contributed by atoms with Crippen molar-refractivity contribution in [3.8, 4) is 0 Å². The number of nitrogens with one attached hydrogen (secondary N) is 1. The van der Waals surface area contributed by atoms with Gasteiger partial charge in [-0.25, -0.2) is 0 Å². The van der Waals surface area contributed by atoms with Crippen molar-refractivity contribution >= 4 is 17.4 Å². The second-order valence-corrected chi connectivity index (χ2v) is 6.97. The predicted molar refractivity (Wildman–Crippen MR) is 106 cm³/mol. The Bertz CT molecular complexity index is 798. The molecule has 5 nitrogen and oxygen atoms in total. The third kappa shape index (κ3) is 5.02. The van der Waals surface area contributed by atoms with E-state index in [9.17, 15) is 9.59 Å². The van der Waals surface area contributed by atoms with Gasteiger partial charge in [-0.3, -0.25) is 14.5 Å². The molecule has 1 amide bonds. The summed E-state index contributed by atoms with van der Waals surface area (Å²) in [4.78, 5) is 28.0. The minimum absolute atomic E-state index is 0.00379. The van der Waals surface area contributed by atoms with Crippen molar-refractivity contribution in [2.75, 3.05) is 31.6 Å². The molecular formula is C22H26N2O3. The lowest BCUT2D eigenvalue weighted by atomic mass is 9.96. The van der Waals surface area contributed by atoms with Gasteiger partial charge < -0.3 is 10.1 Å². The summed E-state index contributed by atoms with van der Waals surface area (Å²) >= 11 is 0. The zero-order valence-electron chi connectivity index (χ0n) is 15.9. The fraction of sp³-hybridized carbons (Fsp3) is 0.364. The molecule has 0 aromatic heterocycles. The molecule has 1 N–H and O–H groups in total. The van der Waals surface area contributed by atoms with Crippen LogP contribution in [0.1, 0.15) is 27.9 Å². The van der Waals surface area contributed by atoms with Gasteiger partial charge in [0.25, 0.3) is 0 Å². The zero-order chi connectivity index (χ0) is 19.2. The first kappa shape index (κ1) is 19.3. The summed E-state index contributed by atoms with van der Waals surface area (Å²) < 4.78 is 5.41. The van der Waals surface area contributed by atoms with Crippen LogP contribution >= 0.6 is 0 Å². The van der Waals surface area contributed by atoms with Crippen LogP contribution in [0.5, 0.6) is 0 Å². The van der Waals surface area contributed by atoms with Gasteiger partial charge in [-0.05, 0) is 37.6 Å². The minimum atomic E-state index is -0.512. The minimum Gasteiger partial charge on any atom is -0.379 e. The van der Waals surface area contributed by atoms with E-state index in [0.29, 0.717) is 31.9 Å². The van der Waals surface area contributed by atoms with E-state index in [1.54, 1.807) is 0 Å². The summed E-state index contributed by atoms with van der Waals surface area (Å²) in [5.74, 6) is -0.155. The third-order valence-corrected chi connectivity index (χ3v) is 4.90. The van der Waals surface area contributed by atoms with Gasteiger partial charge in [0, 0.05) is 30.8 Å². The number of nitrogens with zero attached hydrogens (tertiary/aromatic N) is 1. The van der Waals surface area contributed by atoms with Crippen LogP contribution in [0, 0.1) is 13.8 Å². The van der Waals surface area contributed by atoms with Crippen LogP contribution in [0.2, 0.25) is 0 Å². The van der Waals surface area contributed by atoms with Gasteiger partial charge in [0.05, 0.1) is 19.3 Å². The number of amides is 1. The lowest BCUT2D eigenvalue weighted by Crippen LogP contribution is -2.50. The van der Waals surface area contributed by atoms with E-state index in [0.717, 1.165) is 16.8 Å². The fourth-order valence-corrected chi connectivity index (χ4v) is 3.35. The lowest BCUT2D eigenvalue weighted by Gasteiger charge is -2.33. The first-order chi connectivity index (χ1) is 13.0. The summed E-state index contributed by atoms with van der Waals surface area (Å²) in [5.41, 5.74) is 3.41. The largest absolute Gasteiger partial charge is 0.379 e. The van der Waals surface area contributed by atoms with Crippen molar-refractivity contribution < 1.29 is 14.3 Å². The van der Waals surface area contributed by atoms with Gasteiger partial charge in [0.1, 0.15) is 0 Å². The van der Waals surface area contributed by atoms with Crippen molar-refractivity contribution in [2.45, 2.75) is 26.3 Å². The monoisotopic (exact) mass is 366 g/mol. The molecule has 1 saturated heterocycles. The standard InChI is InChI=1S/C22H26N2O3/c1-16-8-9-17(2)19(14-16)21(25)15-20(24-10-12-27-13-11-24)22(26)23-18-6-4-3-5-7-18/h3-9,14,20H,10-13,15H2,1-2H3,(H,23,26). The third-order valence-electron chi connectivity index (χ3n) is 4.90. The summed E-state index contributed by atoms with van der Waals surface area (Å²) in [6.07, 6.45) is 0.156. The van der Waals surface area contributed by atoms with Crippen LogP contribution in [-0.2, 0) is 9.53 Å². The van der Waals surface area contributed by atoms with Crippen molar-refractivity contribution in [3.05, 3.63) is 65.2 Å². The van der Waals surface area contributed by atoms with Crippen LogP contribution in [0.3, 0.4) is 0 Å². The van der Waals surface area contributed by atoms with Crippen LogP contribution in [0.15, 0.2) is 48.5 Å². The number of hydrogen-bond acceptors (Lipinski definition) is 4. The number of carbonyl (C=O) groups is 2. The number of aryl methyl sites for hydroxylation is 2. The maximum absolute atomic E-state index is 13.0. The van der Waals surface area contributed by atoms with E-state index in [-0.39, 0.29) is 18.1 Å². The first-order valence-corrected chi connectivity index (χ1v) is 9.33. The highest BCUT2D eigenvalue weighted by molar-refractivity contribution is 6.03. The van der Waals surface area contributed by atoms with E-state index in [2.05, 4.69) is 5.32 Å². The Balaban J connectivity index is 1.79. The van der Waals surface area contributed by atoms with Gasteiger partial charge >= 0.3 is 0 Å². The first-order valence-electron chi connectivity index (χ1n) is 9.33. The van der Waals surface area contributed by atoms with Gasteiger partial charge in [0.15, 0.2) is 5.78 Å². The number of anilines is 1. The molecule has 2 aromatic carbocycles. The van der Waals surface area contributed by atoms with Crippen molar-refractivity contribution in [2.24, 2.45) is 0 Å². The van der Waals surface area contributed by atoms with Crippen LogP contribution in [-0.4, -0.2) is 48.9 Å². The number of morpholine rings is 1. The van der Waals surface area contributed by atoms with Crippen LogP contribution < -0.4 is 5.32 Å². The maximum Gasteiger partial charge on any atom is 0.242 e. The predicted octanol–water partition coefficient (Wildman–Crippen LogP) is 3.22. The second-order valence-electron chi connectivity index (χ2n) is 6.97. The molecule has 1 aliphatic rings. The quantitative estimate of drug-likeness (QED) is 0.798. The highest BCUT2D eigenvalue weighted by atomic mass is 16.5. The summed E-state index contributed by atoms with van der Waals surface area (Å²) in [7, 11) is 0. The molecule has 142 valence electrons. The van der Waals surface area contributed by atoms with Gasteiger partial charge in [-0.1, -0.05) is 35.9 Å². The molecule has 1 heterocycles. The Labute approximate surface area is 160 Å². The van der Waals surface area contributed by atoms with E-state index >= 15 is 0 Å². The van der Waals surface area contributed by atoms with E-state index in [4.69, 9.17) is 4.74 Å². The Morgan fingerprint density at radius 2 is 1.78 bits per heavy atom. The number of hydrogen-bond donors (Lipinski definition) is 1. The molecule has 1 atom stereocenters. The highest BCUT2D eigenvalue weighted by Crippen LogP contribution is 2.18. The number of ether oxygens (including phenoxy) is 1. The molecule has 0 saturated carbocycles. The number of benzene rings is 2. The molecule has 0 spiro atoms. The van der Waals surface area contributed by atoms with E-state index in [1.165, 1.54) is 0 Å². The fourth-order valence-electron chi connectivity index (χ4n) is 3.35. The second kappa shape index (κ2) is 8.93. The van der Waals surface area contributed by atoms with Gasteiger partial charge in [-0.15, -0.1) is 0 Å². The van der Waals surface area contributed by atoms with Crippen LogP contribution in [0.25, 0.3) is 0 Å². The number of para-hydroxylation sites is 1. The van der Waals surface area contributed by atoms with Crippen molar-refractivity contribution in [3.63, 3.8) is 0 Å². The van der Waals surface area contributed by atoms with E-state index < -0.39 is 6.04 Å². The number of Topliss-reactive ketones (excluding diaryl/α,β-unsaturated/α-hetero) is 1. The molecule has 1 aliphatic heterocycles. The van der Waals surface area contributed by atoms with Crippen LogP contribution in [0.4, 0.5) is 5.69 Å². The molecule has 1 fully saturated rings. The molecule has 0 radical (unpaired) electrons. The Kier molecular flexibility index (Phi) is 6.37. The molecular weight excluding hydrogens is 340 g/mol. The summed E-state index contributed by atoms with van der Waals surface area (Å²) in [6.45, 7) is 6.34. The zero-order valence-corrected chi connectivity index (χ0v) is 15.9. The molecule has 3 rings (SSSR count). The summed E-state index contributed by atoms with van der Waals surface area (Å²) in [5, 5.41) is 2.95. The molecule has 5 heteroatoms. The van der Waals surface area contributed by atoms with Gasteiger partial charge in [0.2, 0.25) is 5.91 Å². The Hall–Kier alpha value is -2.50. The number of ketones is 1. The normalized spacial score (nSPS) is 15.9.